The molecule has 1 aromatic heterocycles. The van der Waals surface area contributed by atoms with Gasteiger partial charge in [0.1, 0.15) is 37.4 Å². The monoisotopic (exact) mass is 559 g/mol. The number of nitrogens with zero attached hydrogens (tertiary/aromatic N) is 3. The normalized spacial score (nSPS) is 17.7. The molecule has 0 saturated carbocycles. The van der Waals surface area contributed by atoms with E-state index in [1.807, 2.05) is 0 Å². The van der Waals surface area contributed by atoms with Crippen molar-refractivity contribution in [1.82, 2.24) is 14.6 Å². The second kappa shape index (κ2) is 11.4. The van der Waals surface area contributed by atoms with Gasteiger partial charge in [-0.25, -0.2) is 14.1 Å². The van der Waals surface area contributed by atoms with Gasteiger partial charge in [0, 0.05) is 5.38 Å². The first-order valence-electron chi connectivity index (χ1n) is 9.83. The Hall–Kier alpha value is -3.60. The fourth-order valence-corrected chi connectivity index (χ4v) is 4.69. The third-order valence-corrected chi connectivity index (χ3v) is 6.56. The molecule has 2 atom stereocenters. The first-order valence-corrected chi connectivity index (χ1v) is 12.6. The van der Waals surface area contributed by atoms with Crippen LogP contribution in [0.1, 0.15) is 16.1 Å². The molecule has 0 spiro atoms. The van der Waals surface area contributed by atoms with E-state index >= 15 is 0 Å². The van der Waals surface area contributed by atoms with Crippen molar-refractivity contribution in [2.75, 3.05) is 24.9 Å². The number of nitrogens with one attached hydrogen (secondary N) is 2. The summed E-state index contributed by atoms with van der Waals surface area (Å²) in [5, 5.41) is 9.73. The molecule has 2 aromatic rings. The summed E-state index contributed by atoms with van der Waals surface area (Å²) < 4.78 is 37.9. The molecule has 3 N–H and O–H groups in total. The van der Waals surface area contributed by atoms with Crippen LogP contribution in [0.5, 0.6) is 0 Å². The van der Waals surface area contributed by atoms with Crippen LogP contribution in [0, 0.1) is 0 Å². The standard InChI is InChI=1S/C19H18ClN5O9S2/c1-33-24-14(11-9-35-19(21-11)22-13(26)7-20)16(27)23-15-12(25(17(15)28)36(30,31)32)8-34-18(29)10-5-3-2-4-6-10/h2-6,9,12,15H,7-8H2,1H3,(H,23,27)(H,21,22,26)(H,30,31,32)/t12-,15+/m1/s1. The molecule has 17 heteroatoms. The number of oxime groups is 1. The first-order chi connectivity index (χ1) is 17.1. The molecule has 2 heterocycles. The number of ether oxygens (including phenoxy) is 1. The Balaban J connectivity index is 1.76. The Kier molecular flexibility index (Phi) is 8.57. The van der Waals surface area contributed by atoms with Gasteiger partial charge in [-0.15, -0.1) is 22.9 Å². The number of β-lactam (4-membered cyclic amide) rings is 1. The van der Waals surface area contributed by atoms with Crippen LogP contribution in [-0.4, -0.2) is 83.3 Å². The zero-order valence-electron chi connectivity index (χ0n) is 18.3. The number of hydrogen-bond acceptors (Lipinski definition) is 11. The van der Waals surface area contributed by atoms with E-state index < -0.39 is 58.4 Å². The van der Waals surface area contributed by atoms with Crippen LogP contribution in [0.4, 0.5) is 5.13 Å². The van der Waals surface area contributed by atoms with Gasteiger partial charge in [0.05, 0.1) is 5.56 Å². The lowest BCUT2D eigenvalue weighted by atomic mass is 9.99. The number of alkyl halides is 1. The molecule has 192 valence electrons. The van der Waals surface area contributed by atoms with Gasteiger partial charge >= 0.3 is 16.3 Å². The third-order valence-electron chi connectivity index (χ3n) is 4.61. The molecule has 3 amide bonds. The highest BCUT2D eigenvalue weighted by Crippen LogP contribution is 2.25. The second-order valence-electron chi connectivity index (χ2n) is 6.94. The molecule has 1 aromatic carbocycles. The molecule has 1 aliphatic heterocycles. The van der Waals surface area contributed by atoms with E-state index in [1.165, 1.54) is 17.5 Å². The van der Waals surface area contributed by atoms with Crippen molar-refractivity contribution in [3.05, 3.63) is 47.0 Å². The lowest BCUT2D eigenvalue weighted by Crippen LogP contribution is -2.73. The average molecular weight is 560 g/mol. The molecular formula is C19H18ClN5O9S2. The summed E-state index contributed by atoms with van der Waals surface area (Å²) in [6, 6.07) is 4.81. The molecule has 0 bridgehead atoms. The van der Waals surface area contributed by atoms with E-state index in [9.17, 15) is 32.1 Å². The number of halogens is 1. The molecule has 1 aliphatic rings. The minimum absolute atomic E-state index is 0.0327. The summed E-state index contributed by atoms with van der Waals surface area (Å²) >= 11 is 6.39. The Morgan fingerprint density at radius 2 is 1.97 bits per heavy atom. The van der Waals surface area contributed by atoms with E-state index in [-0.39, 0.29) is 26.6 Å². The smallest absolute Gasteiger partial charge is 0.362 e. The third kappa shape index (κ3) is 6.14. The van der Waals surface area contributed by atoms with Crippen LogP contribution in [0.3, 0.4) is 0 Å². The topological polar surface area (TPSA) is 194 Å². The molecule has 1 saturated heterocycles. The van der Waals surface area contributed by atoms with E-state index in [0.29, 0.717) is 0 Å². The van der Waals surface area contributed by atoms with Crippen molar-refractivity contribution in [3.8, 4) is 0 Å². The number of anilines is 1. The van der Waals surface area contributed by atoms with Gasteiger partial charge in [0.2, 0.25) is 5.91 Å². The number of carbonyl (C=O) groups excluding carboxylic acids is 4. The highest BCUT2D eigenvalue weighted by Gasteiger charge is 2.55. The first kappa shape index (κ1) is 27.0. The summed E-state index contributed by atoms with van der Waals surface area (Å²) in [5.74, 6) is -3.84. The lowest BCUT2D eigenvalue weighted by Gasteiger charge is -2.43. The van der Waals surface area contributed by atoms with Crippen LogP contribution in [0.15, 0.2) is 40.9 Å². The summed E-state index contributed by atoms with van der Waals surface area (Å²) in [4.78, 5) is 57.7. The summed E-state index contributed by atoms with van der Waals surface area (Å²) in [6.45, 7) is -0.660. The Labute approximate surface area is 213 Å². The van der Waals surface area contributed by atoms with Crippen LogP contribution < -0.4 is 10.6 Å². The highest BCUT2D eigenvalue weighted by molar-refractivity contribution is 7.84. The minimum atomic E-state index is -5.01. The number of esters is 1. The SMILES string of the molecule is CON=C(C(=O)N[C@@H]1C(=O)N(S(=O)(=O)O)[C@@H]1COC(=O)c1ccccc1)c1csc(NC(=O)CCl)n1. The van der Waals surface area contributed by atoms with Crippen LogP contribution in [0.2, 0.25) is 0 Å². The molecular weight excluding hydrogens is 542 g/mol. The van der Waals surface area contributed by atoms with Crippen LogP contribution in [0.25, 0.3) is 0 Å². The summed E-state index contributed by atoms with van der Waals surface area (Å²) in [7, 11) is -3.87. The molecule has 0 radical (unpaired) electrons. The lowest BCUT2D eigenvalue weighted by molar-refractivity contribution is -0.146. The number of benzene rings is 1. The fraction of sp³-hybridized carbons (Fsp3) is 0.263. The van der Waals surface area contributed by atoms with Crippen molar-refractivity contribution in [3.63, 3.8) is 0 Å². The zero-order chi connectivity index (χ0) is 26.5. The van der Waals surface area contributed by atoms with Crippen molar-refractivity contribution < 1.29 is 41.7 Å². The van der Waals surface area contributed by atoms with Crippen molar-refractivity contribution in [2.45, 2.75) is 12.1 Å². The number of aromatic nitrogens is 1. The van der Waals surface area contributed by atoms with Crippen molar-refractivity contribution in [2.24, 2.45) is 5.16 Å². The number of amides is 3. The number of thiazole rings is 1. The van der Waals surface area contributed by atoms with Gasteiger partial charge in [-0.1, -0.05) is 23.4 Å². The Morgan fingerprint density at radius 1 is 1.28 bits per heavy atom. The second-order valence-corrected chi connectivity index (χ2v) is 9.35. The van der Waals surface area contributed by atoms with Crippen LogP contribution >= 0.6 is 22.9 Å². The highest BCUT2D eigenvalue weighted by atomic mass is 35.5. The number of carbonyl (C=O) groups is 4. The average Bonchev–Trinajstić information content (AvgIpc) is 3.30. The van der Waals surface area contributed by atoms with Crippen molar-refractivity contribution >= 4 is 67.8 Å². The Bertz CT molecular complexity index is 1300. The van der Waals surface area contributed by atoms with E-state index in [2.05, 4.69) is 25.6 Å². The van der Waals surface area contributed by atoms with Gasteiger partial charge in [0.25, 0.3) is 11.8 Å². The predicted octanol–water partition coefficient (Wildman–Crippen LogP) is 0.0263. The van der Waals surface area contributed by atoms with Gasteiger partial charge in [0.15, 0.2) is 10.8 Å². The molecule has 0 unspecified atom stereocenters. The molecule has 3 rings (SSSR count). The summed E-state index contributed by atoms with van der Waals surface area (Å²) in [6.07, 6.45) is 0. The maximum Gasteiger partial charge on any atom is 0.362 e. The maximum atomic E-state index is 12.9. The van der Waals surface area contributed by atoms with Crippen molar-refractivity contribution in [1.29, 1.82) is 0 Å². The van der Waals surface area contributed by atoms with Crippen LogP contribution in [-0.2, 0) is 34.3 Å². The predicted molar refractivity (Wildman–Crippen MR) is 126 cm³/mol. The molecule has 14 nitrogen and oxygen atoms in total. The maximum absolute atomic E-state index is 12.9. The van der Waals surface area contributed by atoms with Gasteiger partial charge in [-0.05, 0) is 12.1 Å². The van der Waals surface area contributed by atoms with Gasteiger partial charge in [-0.2, -0.15) is 8.42 Å². The van der Waals surface area contributed by atoms with E-state index in [1.54, 1.807) is 18.2 Å². The largest absolute Gasteiger partial charge is 0.460 e. The number of hydrogen-bond donors (Lipinski definition) is 3. The fourth-order valence-electron chi connectivity index (χ4n) is 3.04. The van der Waals surface area contributed by atoms with Gasteiger partial charge in [-0.3, -0.25) is 18.9 Å². The molecule has 0 aliphatic carbocycles. The summed E-state index contributed by atoms with van der Waals surface area (Å²) in [5.41, 5.74) is -0.273. The van der Waals surface area contributed by atoms with Gasteiger partial charge < -0.3 is 20.2 Å². The zero-order valence-corrected chi connectivity index (χ0v) is 20.7. The number of rotatable bonds is 10. The molecule has 36 heavy (non-hydrogen) atoms. The quantitative estimate of drug-likeness (QED) is 0.0892. The van der Waals surface area contributed by atoms with E-state index in [0.717, 1.165) is 18.4 Å². The Morgan fingerprint density at radius 3 is 2.58 bits per heavy atom. The minimum Gasteiger partial charge on any atom is -0.460 e. The van der Waals surface area contributed by atoms with E-state index in [4.69, 9.17) is 16.3 Å². The molecule has 1 fully saturated rings.